The molecule has 16 heteroatoms. The summed E-state index contributed by atoms with van der Waals surface area (Å²) < 4.78 is 96.4. The number of amides is 1. The molecule has 9 nitrogen and oxygen atoms in total. The molecule has 2 aliphatic heterocycles. The Labute approximate surface area is 284 Å². The van der Waals surface area contributed by atoms with Crippen LogP contribution in [-0.2, 0) is 27.5 Å². The van der Waals surface area contributed by atoms with Crippen LogP contribution in [0, 0.1) is 11.6 Å². The van der Waals surface area contributed by atoms with Gasteiger partial charge in [0, 0.05) is 43.3 Å². The van der Waals surface area contributed by atoms with Crippen LogP contribution in [0.25, 0.3) is 11.3 Å². The number of para-hydroxylation sites is 1. The van der Waals surface area contributed by atoms with Gasteiger partial charge in [0.2, 0.25) is 21.9 Å². The average molecular weight is 721 g/mol. The predicted octanol–water partition coefficient (Wildman–Crippen LogP) is 5.89. The fourth-order valence-corrected chi connectivity index (χ4v) is 7.81. The Balaban J connectivity index is 1.23. The number of anilines is 2. The normalized spacial score (nSPS) is 17.4. The fraction of sp³-hybridized carbons (Fsp3) is 0.303. The number of aromatic nitrogens is 2. The first-order valence-corrected chi connectivity index (χ1v) is 17.2. The lowest BCUT2D eigenvalue weighted by atomic mass is 10.1. The summed E-state index contributed by atoms with van der Waals surface area (Å²) in [7, 11) is -4.37. The van der Waals surface area contributed by atoms with Crippen molar-refractivity contribution >= 4 is 39.2 Å². The monoisotopic (exact) mass is 720 g/mol. The second-order valence-corrected chi connectivity index (χ2v) is 13.9. The van der Waals surface area contributed by atoms with Gasteiger partial charge in [0.15, 0.2) is 0 Å². The number of carbonyl (C=O) groups is 1. The Morgan fingerprint density at radius 2 is 1.57 bits per heavy atom. The third-order valence-corrected chi connectivity index (χ3v) is 10.6. The molecule has 0 bridgehead atoms. The Kier molecular flexibility index (Phi) is 9.78. The van der Waals surface area contributed by atoms with Crippen molar-refractivity contribution in [3.63, 3.8) is 0 Å². The molecule has 0 saturated carbocycles. The maximum Gasteiger partial charge on any atom is 0.416 e. The zero-order valence-corrected chi connectivity index (χ0v) is 27.4. The average Bonchev–Trinajstić information content (AvgIpc) is 3.59. The fourth-order valence-electron chi connectivity index (χ4n) is 5.95. The highest BCUT2D eigenvalue weighted by Crippen LogP contribution is 2.32. The number of alkyl halides is 3. The molecule has 1 amide bonds. The summed E-state index contributed by atoms with van der Waals surface area (Å²) in [4.78, 5) is 25.8. The number of benzene rings is 3. The highest BCUT2D eigenvalue weighted by atomic mass is 35.5. The molecule has 258 valence electrons. The van der Waals surface area contributed by atoms with Crippen LogP contribution in [0.15, 0.2) is 77.7 Å². The molecule has 1 atom stereocenters. The highest BCUT2D eigenvalue weighted by molar-refractivity contribution is 7.89. The smallest absolute Gasteiger partial charge is 0.366 e. The van der Waals surface area contributed by atoms with Crippen molar-refractivity contribution in [2.75, 3.05) is 42.5 Å². The third-order valence-electron chi connectivity index (χ3n) is 8.46. The van der Waals surface area contributed by atoms with Crippen molar-refractivity contribution < 1.29 is 35.2 Å². The van der Waals surface area contributed by atoms with Gasteiger partial charge in [-0.15, -0.1) is 0 Å². The van der Waals surface area contributed by atoms with Crippen molar-refractivity contribution in [3.05, 3.63) is 101 Å². The number of sulfonamides is 1. The predicted molar refractivity (Wildman–Crippen MR) is 173 cm³/mol. The highest BCUT2D eigenvalue weighted by Gasteiger charge is 2.40. The summed E-state index contributed by atoms with van der Waals surface area (Å²) >= 11 is 5.79. The summed E-state index contributed by atoms with van der Waals surface area (Å²) in [6, 6.07) is 14.5. The first kappa shape index (κ1) is 34.5. The standard InChI is InChI=1S/C33H30ClF5N6O3S/c34-23-11-12-30(26(36)18-23)49(47,48)45-13-3-6-29(45)31(46)40-20-24-19-27(21-7-9-22(10-8-21)33(37,38)39)42-32(41-24)44-16-14-43(15-17-44)28-5-2-1-4-25(28)35/h1-2,4-5,7-12,18-19,29H,3,6,13-17,20H2,(H,40,46). The van der Waals surface area contributed by atoms with Crippen LogP contribution in [-0.4, -0.2) is 67.4 Å². The largest absolute Gasteiger partial charge is 0.416 e. The molecular formula is C33H30ClF5N6O3S. The summed E-state index contributed by atoms with van der Waals surface area (Å²) in [6.07, 6.45) is -3.94. The Morgan fingerprint density at radius 1 is 0.878 bits per heavy atom. The van der Waals surface area contributed by atoms with Gasteiger partial charge in [0.05, 0.1) is 29.2 Å². The molecule has 3 heterocycles. The van der Waals surface area contributed by atoms with E-state index in [1.165, 1.54) is 30.3 Å². The summed E-state index contributed by atoms with van der Waals surface area (Å²) in [5.74, 6) is -1.73. The molecule has 4 aromatic rings. The number of piperazine rings is 1. The van der Waals surface area contributed by atoms with Gasteiger partial charge in [0.1, 0.15) is 22.6 Å². The molecule has 1 N–H and O–H groups in total. The Bertz CT molecular complexity index is 1960. The minimum absolute atomic E-state index is 0.0110. The number of hydrogen-bond acceptors (Lipinski definition) is 7. The van der Waals surface area contributed by atoms with Crippen LogP contribution >= 0.6 is 11.6 Å². The summed E-state index contributed by atoms with van der Waals surface area (Å²) in [6.45, 7) is 1.57. The molecule has 2 saturated heterocycles. The zero-order valence-electron chi connectivity index (χ0n) is 25.8. The zero-order chi connectivity index (χ0) is 34.9. The lowest BCUT2D eigenvalue weighted by Gasteiger charge is -2.36. The maximum absolute atomic E-state index is 14.6. The third kappa shape index (κ3) is 7.48. The van der Waals surface area contributed by atoms with E-state index in [2.05, 4.69) is 15.3 Å². The molecular weight excluding hydrogens is 691 g/mol. The number of nitrogens with one attached hydrogen (secondary N) is 1. The quantitative estimate of drug-likeness (QED) is 0.227. The molecule has 2 fully saturated rings. The van der Waals surface area contributed by atoms with Gasteiger partial charge < -0.3 is 15.1 Å². The summed E-state index contributed by atoms with van der Waals surface area (Å²) in [5.41, 5.74) is 0.652. The molecule has 1 aromatic heterocycles. The molecule has 49 heavy (non-hydrogen) atoms. The lowest BCUT2D eigenvalue weighted by molar-refractivity contribution is -0.137. The Morgan fingerprint density at radius 3 is 2.24 bits per heavy atom. The molecule has 2 aliphatic rings. The number of carbonyl (C=O) groups excluding carboxylic acids is 1. The first-order valence-electron chi connectivity index (χ1n) is 15.4. The molecule has 0 aliphatic carbocycles. The van der Waals surface area contributed by atoms with E-state index in [1.807, 2.05) is 9.80 Å². The van der Waals surface area contributed by atoms with Crippen LogP contribution in [0.3, 0.4) is 0 Å². The molecule has 6 rings (SSSR count). The minimum atomic E-state index is -4.52. The molecule has 1 unspecified atom stereocenters. The SMILES string of the molecule is O=C(NCc1cc(-c2ccc(C(F)(F)F)cc2)nc(N2CCN(c3ccccc3F)CC2)n1)C1CCCN1S(=O)(=O)c1ccc(Cl)cc1F. The van der Waals surface area contributed by atoms with Crippen molar-refractivity contribution in [3.8, 4) is 11.3 Å². The second-order valence-electron chi connectivity index (χ2n) is 11.6. The summed E-state index contributed by atoms with van der Waals surface area (Å²) in [5, 5.41) is 2.75. The van der Waals surface area contributed by atoms with Gasteiger partial charge in [0.25, 0.3) is 0 Å². The minimum Gasteiger partial charge on any atom is -0.366 e. The number of halogens is 6. The second kappa shape index (κ2) is 13.9. The van der Waals surface area contributed by atoms with E-state index >= 15 is 0 Å². The lowest BCUT2D eigenvalue weighted by Crippen LogP contribution is -2.47. The number of hydrogen-bond donors (Lipinski definition) is 1. The van der Waals surface area contributed by atoms with Crippen LogP contribution < -0.4 is 15.1 Å². The van der Waals surface area contributed by atoms with Crippen molar-refractivity contribution in [1.82, 2.24) is 19.6 Å². The van der Waals surface area contributed by atoms with Crippen LogP contribution in [0.5, 0.6) is 0 Å². The van der Waals surface area contributed by atoms with Crippen LogP contribution in [0.1, 0.15) is 24.1 Å². The van der Waals surface area contributed by atoms with Crippen molar-refractivity contribution in [1.29, 1.82) is 0 Å². The van der Waals surface area contributed by atoms with Gasteiger partial charge in [-0.2, -0.15) is 17.5 Å². The van der Waals surface area contributed by atoms with E-state index in [1.54, 1.807) is 18.2 Å². The van der Waals surface area contributed by atoms with Crippen LogP contribution in [0.2, 0.25) is 5.02 Å². The van der Waals surface area contributed by atoms with E-state index < -0.39 is 44.4 Å². The van der Waals surface area contributed by atoms with Gasteiger partial charge >= 0.3 is 6.18 Å². The topological polar surface area (TPSA) is 98.7 Å². The van der Waals surface area contributed by atoms with Crippen LogP contribution in [0.4, 0.5) is 33.6 Å². The molecule has 0 radical (unpaired) electrons. The van der Waals surface area contributed by atoms with Gasteiger partial charge in [-0.1, -0.05) is 35.9 Å². The van der Waals surface area contributed by atoms with Gasteiger partial charge in [-0.05, 0) is 61.4 Å². The van der Waals surface area contributed by atoms with E-state index in [9.17, 15) is 35.2 Å². The number of nitrogens with zero attached hydrogens (tertiary/aromatic N) is 5. The molecule has 3 aromatic carbocycles. The van der Waals surface area contributed by atoms with E-state index in [0.29, 0.717) is 55.2 Å². The van der Waals surface area contributed by atoms with Crippen molar-refractivity contribution in [2.24, 2.45) is 0 Å². The van der Waals surface area contributed by atoms with Gasteiger partial charge in [-0.25, -0.2) is 27.2 Å². The maximum atomic E-state index is 14.6. The molecule has 0 spiro atoms. The Hall–Kier alpha value is -4.34. The van der Waals surface area contributed by atoms with E-state index in [4.69, 9.17) is 11.6 Å². The van der Waals surface area contributed by atoms with Gasteiger partial charge in [-0.3, -0.25) is 4.79 Å². The first-order chi connectivity index (χ1) is 23.3. The van der Waals surface area contributed by atoms with E-state index in [-0.39, 0.29) is 36.3 Å². The van der Waals surface area contributed by atoms with Crippen molar-refractivity contribution in [2.45, 2.75) is 36.5 Å². The number of rotatable bonds is 8. The van der Waals surface area contributed by atoms with E-state index in [0.717, 1.165) is 28.6 Å².